The molecule has 4 aromatic carbocycles. The van der Waals surface area contributed by atoms with Crippen LogP contribution in [0.4, 0.5) is 0 Å². The van der Waals surface area contributed by atoms with Gasteiger partial charge in [0, 0.05) is 65.3 Å². The van der Waals surface area contributed by atoms with Gasteiger partial charge in [-0.15, -0.1) is 0 Å². The number of rotatable bonds is 38. The Bertz CT molecular complexity index is 3270. The Morgan fingerprint density at radius 2 is 0.708 bits per heavy atom. The Morgan fingerprint density at radius 3 is 0.966 bits per heavy atom. The average Bonchev–Trinajstić information content (AvgIpc) is 3.26. The molecule has 0 fully saturated rings. The van der Waals surface area contributed by atoms with Crippen LogP contribution < -0.4 is 85.7 Å². The molecule has 0 aliphatic heterocycles. The van der Waals surface area contributed by atoms with Gasteiger partial charge in [0.25, 0.3) is 23.6 Å². The van der Waals surface area contributed by atoms with E-state index in [2.05, 4.69) is 41.6 Å². The summed E-state index contributed by atoms with van der Waals surface area (Å²) in [6.07, 6.45) is 0.131. The monoisotopic (exact) mass is 1230 g/mol. The van der Waals surface area contributed by atoms with E-state index in [0.29, 0.717) is 34.4 Å². The normalized spacial score (nSPS) is 12.0. The lowest BCUT2D eigenvalue weighted by Gasteiger charge is -2.21. The Hall–Kier alpha value is -10.1. The molecule has 0 saturated carbocycles. The summed E-state index contributed by atoms with van der Waals surface area (Å²) in [5.74, 6) is -4.49. The van der Waals surface area contributed by atoms with Crippen LogP contribution in [0.3, 0.4) is 0 Å². The van der Waals surface area contributed by atoms with Crippen molar-refractivity contribution in [3.63, 3.8) is 0 Å². The van der Waals surface area contributed by atoms with Crippen molar-refractivity contribution in [3.05, 3.63) is 117 Å². The Kier molecular flexibility index (Phi) is 29.0. The maximum absolute atomic E-state index is 14.5. The standard InChI is InChI=1S/C61H83N15O13/c1-34(73-54(81)21-22-62)46(77)30-35-13-18-51(87-4)40(27-35)56(83)74-44(11-8-24-71-60(65)66)48(79)32-37-15-20-53(89-6)42(29-37)58(85)76-45(12-9-25-72-61(67)68)49(80)33-38-16-19-52(88-5)41(28-38)57(84)75-43(10-7-23-70-59(63)64)47(78)31-36-14-17-50(86-3)39(26-36)55(82)69-2/h13-20,26-29,34,43-45H,7-12,21-25,30-33,62H2,1-6H3,(H,69,82)(H,73,81)(H,74,83)(H,75,84)(H,76,85)(H4,63,64,70)(H4,65,66,71)(H4,67,68,72)/t34-,43-,44-,45-/m1/s1. The number of ether oxygens (including phenoxy) is 4. The molecule has 0 radical (unpaired) electrons. The number of carbonyl (C=O) groups is 9. The molecule has 0 spiro atoms. The van der Waals surface area contributed by atoms with E-state index < -0.39 is 65.1 Å². The number of benzene rings is 4. The van der Waals surface area contributed by atoms with Gasteiger partial charge in [-0.2, -0.15) is 0 Å². The number of ketones is 4. The molecule has 5 amide bonds. The van der Waals surface area contributed by atoms with E-state index in [1.54, 1.807) is 37.3 Å². The zero-order valence-corrected chi connectivity index (χ0v) is 51.0. The predicted molar refractivity (Wildman–Crippen MR) is 335 cm³/mol. The van der Waals surface area contributed by atoms with E-state index in [4.69, 9.17) is 59.1 Å². The van der Waals surface area contributed by atoms with E-state index in [9.17, 15) is 43.2 Å². The first-order valence-corrected chi connectivity index (χ1v) is 28.5. The minimum absolute atomic E-state index is 0.0123. The summed E-state index contributed by atoms with van der Waals surface area (Å²) < 4.78 is 22.0. The fourth-order valence-electron chi connectivity index (χ4n) is 9.32. The van der Waals surface area contributed by atoms with Gasteiger partial charge in [-0.1, -0.05) is 24.3 Å². The van der Waals surface area contributed by atoms with Crippen LogP contribution in [-0.4, -0.2) is 156 Å². The van der Waals surface area contributed by atoms with Gasteiger partial charge in [0.2, 0.25) is 5.91 Å². The third-order valence-electron chi connectivity index (χ3n) is 13.9. The molecule has 0 unspecified atom stereocenters. The lowest BCUT2D eigenvalue weighted by Crippen LogP contribution is -2.42. The highest BCUT2D eigenvalue weighted by atomic mass is 16.5. The van der Waals surface area contributed by atoms with Crippen LogP contribution in [0.15, 0.2) is 87.8 Å². The highest BCUT2D eigenvalue weighted by Gasteiger charge is 2.29. The highest BCUT2D eigenvalue weighted by molar-refractivity contribution is 6.04. The van der Waals surface area contributed by atoms with Crippen LogP contribution in [-0.2, 0) is 49.7 Å². The van der Waals surface area contributed by atoms with Gasteiger partial charge >= 0.3 is 0 Å². The maximum Gasteiger partial charge on any atom is 0.255 e. The second-order valence-corrected chi connectivity index (χ2v) is 20.5. The molecule has 0 saturated heterocycles. The topological polar surface area (TPSA) is 470 Å². The fourth-order valence-corrected chi connectivity index (χ4v) is 9.32. The number of carbonyl (C=O) groups excluding carboxylic acids is 9. The molecule has 4 rings (SSSR count). The van der Waals surface area contributed by atoms with E-state index in [-0.39, 0.29) is 159 Å². The smallest absolute Gasteiger partial charge is 0.255 e. The van der Waals surface area contributed by atoms with Crippen LogP contribution in [0.2, 0.25) is 0 Å². The summed E-state index contributed by atoms with van der Waals surface area (Å²) in [6.45, 7) is 2.04. The fraction of sp³-hybridized carbons (Fsp3) is 0.410. The Morgan fingerprint density at radius 1 is 0.427 bits per heavy atom. The van der Waals surface area contributed by atoms with Gasteiger partial charge in [-0.3, -0.25) is 58.1 Å². The van der Waals surface area contributed by atoms with Crippen LogP contribution in [0.25, 0.3) is 0 Å². The lowest BCUT2D eigenvalue weighted by molar-refractivity contribution is -0.127. The number of hydrogen-bond acceptors (Lipinski definition) is 17. The number of Topliss-reactive ketones (excluding diaryl/α,β-unsaturated/α-hetero) is 4. The SMILES string of the molecule is CNC(=O)c1cc(CC(=O)[C@@H](CCCN=C(N)N)NC(=O)c2cc(CC(=O)[C@@H](CCCN=C(N)N)NC(=O)c3cc(CC(=O)[C@@H](CCCN=C(N)N)NC(=O)c4cc(CC(=O)[C@@H](C)NC(=O)CCN)ccc4OC)ccc3OC)ccc2OC)ccc1OC. The molecule has 480 valence electrons. The second-order valence-electron chi connectivity index (χ2n) is 20.5. The van der Waals surface area contributed by atoms with Gasteiger partial charge in [-0.25, -0.2) is 0 Å². The number of aliphatic imine (C=N–C) groups is 3. The molecule has 4 aromatic rings. The predicted octanol–water partition coefficient (Wildman–Crippen LogP) is -0.0629. The number of nitrogens with zero attached hydrogens (tertiary/aromatic N) is 3. The van der Waals surface area contributed by atoms with Crippen molar-refractivity contribution in [2.24, 2.45) is 55.1 Å². The largest absolute Gasteiger partial charge is 0.496 e. The highest BCUT2D eigenvalue weighted by Crippen LogP contribution is 2.26. The van der Waals surface area contributed by atoms with Crippen molar-refractivity contribution >= 4 is 70.5 Å². The van der Waals surface area contributed by atoms with Crippen LogP contribution in [0, 0.1) is 0 Å². The van der Waals surface area contributed by atoms with Crippen molar-refractivity contribution in [2.75, 3.05) is 61.7 Å². The number of amides is 5. The van der Waals surface area contributed by atoms with Crippen molar-refractivity contribution in [2.45, 2.75) is 102 Å². The average molecular weight is 1230 g/mol. The third-order valence-corrected chi connectivity index (χ3v) is 13.9. The lowest BCUT2D eigenvalue weighted by atomic mass is 9.96. The molecule has 28 nitrogen and oxygen atoms in total. The van der Waals surface area contributed by atoms with E-state index >= 15 is 0 Å². The number of hydrogen-bond donors (Lipinski definition) is 12. The van der Waals surface area contributed by atoms with Crippen LogP contribution in [0.5, 0.6) is 23.0 Å². The van der Waals surface area contributed by atoms with Gasteiger partial charge in [0.05, 0.1) is 74.9 Å². The summed E-state index contributed by atoms with van der Waals surface area (Å²) in [5.41, 5.74) is 40.6. The quantitative estimate of drug-likeness (QED) is 0.0159. The molecule has 19 N–H and O–H groups in total. The summed E-state index contributed by atoms with van der Waals surface area (Å²) in [6, 6.07) is 14.1. The van der Waals surface area contributed by atoms with Gasteiger partial charge in [-0.05, 0) is 116 Å². The molecular formula is C61H83N15O13. The molecule has 4 atom stereocenters. The molecule has 0 aliphatic rings. The van der Waals surface area contributed by atoms with Gasteiger partial charge in [0.1, 0.15) is 23.0 Å². The molecule has 89 heavy (non-hydrogen) atoms. The third kappa shape index (κ3) is 22.9. The van der Waals surface area contributed by atoms with Gasteiger partial charge in [0.15, 0.2) is 41.0 Å². The van der Waals surface area contributed by atoms with Crippen molar-refractivity contribution in [3.8, 4) is 23.0 Å². The molecule has 0 bridgehead atoms. The van der Waals surface area contributed by atoms with E-state index in [1.807, 2.05) is 0 Å². The molecule has 0 aromatic heterocycles. The molecular weight excluding hydrogens is 1150 g/mol. The summed E-state index contributed by atoms with van der Waals surface area (Å²) in [5, 5.41) is 13.6. The van der Waals surface area contributed by atoms with Crippen LogP contribution >= 0.6 is 0 Å². The zero-order valence-electron chi connectivity index (χ0n) is 51.0. The first-order chi connectivity index (χ1) is 42.4. The second kappa shape index (κ2) is 36.1. The van der Waals surface area contributed by atoms with Crippen molar-refractivity contribution in [1.29, 1.82) is 0 Å². The molecule has 0 aliphatic carbocycles. The zero-order chi connectivity index (χ0) is 65.7. The summed E-state index contributed by atoms with van der Waals surface area (Å²) in [7, 11) is 6.92. The van der Waals surface area contributed by atoms with Crippen molar-refractivity contribution < 1.29 is 62.1 Å². The molecule has 0 heterocycles. The van der Waals surface area contributed by atoms with E-state index in [0.717, 1.165) is 0 Å². The van der Waals surface area contributed by atoms with Gasteiger partial charge < -0.3 is 85.7 Å². The van der Waals surface area contributed by atoms with E-state index in [1.165, 1.54) is 78.0 Å². The van der Waals surface area contributed by atoms with Crippen molar-refractivity contribution in [1.82, 2.24) is 26.6 Å². The Labute approximate surface area is 516 Å². The number of nitrogens with one attached hydrogen (secondary N) is 5. The summed E-state index contributed by atoms with van der Waals surface area (Å²) in [4.78, 5) is 136. The number of nitrogens with two attached hydrogens (primary N) is 7. The Balaban J connectivity index is 1.61. The van der Waals surface area contributed by atoms with Crippen LogP contribution in [0.1, 0.15) is 116 Å². The number of methoxy groups -OCH3 is 4. The minimum atomic E-state index is -1.18. The minimum Gasteiger partial charge on any atom is -0.496 e. The maximum atomic E-state index is 14.5. The first kappa shape index (κ1) is 71.4. The summed E-state index contributed by atoms with van der Waals surface area (Å²) >= 11 is 0. The number of guanidine groups is 3. The first-order valence-electron chi connectivity index (χ1n) is 28.5. The molecule has 28 heteroatoms.